The highest BCUT2D eigenvalue weighted by Gasteiger charge is 2.27. The topological polar surface area (TPSA) is 32.3 Å². The van der Waals surface area contributed by atoms with Gasteiger partial charge in [-0.25, -0.2) is 0 Å². The fourth-order valence-corrected chi connectivity index (χ4v) is 4.15. The van der Waals surface area contributed by atoms with Crippen LogP contribution in [0.1, 0.15) is 22.9 Å². The maximum atomic E-state index is 12.7. The van der Waals surface area contributed by atoms with Crippen LogP contribution >= 0.6 is 46.9 Å². The summed E-state index contributed by atoms with van der Waals surface area (Å²) in [6, 6.07) is 9.74. The molecule has 1 aliphatic rings. The molecule has 1 aromatic heterocycles. The number of halogens is 3. The van der Waals surface area contributed by atoms with E-state index >= 15 is 0 Å². The van der Waals surface area contributed by atoms with Gasteiger partial charge in [-0.3, -0.25) is 4.79 Å². The molecule has 2 heterocycles. The van der Waals surface area contributed by atoms with Gasteiger partial charge in [-0.2, -0.15) is 0 Å². The predicted molar refractivity (Wildman–Crippen MR) is 104 cm³/mol. The molecule has 0 spiro atoms. The van der Waals surface area contributed by atoms with E-state index in [-0.39, 0.29) is 24.4 Å². The van der Waals surface area contributed by atoms with Crippen molar-refractivity contribution in [3.8, 4) is 0 Å². The van der Waals surface area contributed by atoms with Gasteiger partial charge in [0.1, 0.15) is 0 Å². The summed E-state index contributed by atoms with van der Waals surface area (Å²) in [6.45, 7) is 2.31. The molecule has 7 heteroatoms. The molecule has 2 aromatic rings. The first-order chi connectivity index (χ1) is 11.1. The van der Waals surface area contributed by atoms with E-state index in [2.05, 4.69) is 5.32 Å². The summed E-state index contributed by atoms with van der Waals surface area (Å²) in [5.41, 5.74) is 1.08. The number of benzene rings is 1. The Balaban J connectivity index is 0.00000208. The SMILES string of the molecule is Cl.O=C(CCc1cc(Cl)cs1)N1CCNCC1c1cccc(Cl)c1. The summed E-state index contributed by atoms with van der Waals surface area (Å²) < 4.78 is 0. The van der Waals surface area contributed by atoms with Gasteiger partial charge in [0.05, 0.1) is 11.1 Å². The summed E-state index contributed by atoms with van der Waals surface area (Å²) in [4.78, 5) is 15.8. The lowest BCUT2D eigenvalue weighted by Crippen LogP contribution is -2.48. The molecule has 1 aromatic carbocycles. The minimum atomic E-state index is 0. The maximum Gasteiger partial charge on any atom is 0.223 e. The maximum absolute atomic E-state index is 12.7. The molecule has 0 radical (unpaired) electrons. The number of amides is 1. The Hall–Kier alpha value is -0.780. The summed E-state index contributed by atoms with van der Waals surface area (Å²) >= 11 is 13.6. The summed E-state index contributed by atoms with van der Waals surface area (Å²) in [6.07, 6.45) is 1.25. The molecule has 1 saturated heterocycles. The van der Waals surface area contributed by atoms with E-state index < -0.39 is 0 Å². The van der Waals surface area contributed by atoms with Gasteiger partial charge in [0.2, 0.25) is 5.91 Å². The van der Waals surface area contributed by atoms with Crippen molar-refractivity contribution in [2.45, 2.75) is 18.9 Å². The van der Waals surface area contributed by atoms with Crippen LogP contribution in [0.5, 0.6) is 0 Å². The van der Waals surface area contributed by atoms with Crippen LogP contribution in [-0.4, -0.2) is 30.4 Å². The third kappa shape index (κ3) is 4.87. The largest absolute Gasteiger partial charge is 0.333 e. The lowest BCUT2D eigenvalue weighted by molar-refractivity contribution is -0.134. The number of nitrogens with zero attached hydrogens (tertiary/aromatic N) is 1. The molecule has 1 N–H and O–H groups in total. The zero-order valence-electron chi connectivity index (χ0n) is 13.0. The van der Waals surface area contributed by atoms with Gasteiger partial charge >= 0.3 is 0 Å². The van der Waals surface area contributed by atoms with Gasteiger partial charge < -0.3 is 10.2 Å². The van der Waals surface area contributed by atoms with Gasteiger partial charge in [-0.15, -0.1) is 23.7 Å². The Bertz CT molecular complexity index is 692. The zero-order chi connectivity index (χ0) is 16.2. The molecule has 0 bridgehead atoms. The number of carbonyl (C=O) groups excluding carboxylic acids is 1. The normalized spacial score (nSPS) is 17.4. The van der Waals surface area contributed by atoms with E-state index in [1.54, 1.807) is 11.3 Å². The Morgan fingerprint density at radius 1 is 1.29 bits per heavy atom. The standard InChI is InChI=1S/C17H18Cl2N2OS.ClH/c18-13-3-1-2-12(8-13)16-10-20-6-7-21(16)17(22)5-4-15-9-14(19)11-23-15;/h1-3,8-9,11,16,20H,4-7,10H2;1H. The van der Waals surface area contributed by atoms with Crippen molar-refractivity contribution in [3.05, 3.63) is 56.2 Å². The first kappa shape index (κ1) is 19.5. The van der Waals surface area contributed by atoms with Crippen LogP contribution in [0, 0.1) is 0 Å². The minimum absolute atomic E-state index is 0. The van der Waals surface area contributed by atoms with Gasteiger partial charge in [0.25, 0.3) is 0 Å². The number of carbonyl (C=O) groups is 1. The fraction of sp³-hybridized carbons (Fsp3) is 0.353. The van der Waals surface area contributed by atoms with E-state index in [1.165, 1.54) is 0 Å². The molecule has 0 saturated carbocycles. The third-order valence-corrected chi connectivity index (χ3v) is 5.58. The molecule has 130 valence electrons. The van der Waals surface area contributed by atoms with Gasteiger partial charge in [-0.1, -0.05) is 35.3 Å². The van der Waals surface area contributed by atoms with Crippen molar-refractivity contribution < 1.29 is 4.79 Å². The molecule has 1 atom stereocenters. The van der Waals surface area contributed by atoms with Crippen molar-refractivity contribution in [1.82, 2.24) is 10.2 Å². The number of piperazine rings is 1. The highest BCUT2D eigenvalue weighted by atomic mass is 35.5. The summed E-state index contributed by atoms with van der Waals surface area (Å²) in [5.74, 6) is 0.181. The highest BCUT2D eigenvalue weighted by Crippen LogP contribution is 2.26. The van der Waals surface area contributed by atoms with Crippen LogP contribution in [-0.2, 0) is 11.2 Å². The first-order valence-corrected chi connectivity index (χ1v) is 9.25. The van der Waals surface area contributed by atoms with E-state index in [1.807, 2.05) is 40.6 Å². The van der Waals surface area contributed by atoms with Crippen LogP contribution < -0.4 is 5.32 Å². The first-order valence-electron chi connectivity index (χ1n) is 7.62. The molecule has 3 nitrogen and oxygen atoms in total. The molecule has 1 aliphatic heterocycles. The van der Waals surface area contributed by atoms with Crippen LogP contribution in [0.25, 0.3) is 0 Å². The minimum Gasteiger partial charge on any atom is -0.333 e. The van der Waals surface area contributed by atoms with Gasteiger partial charge in [0, 0.05) is 41.3 Å². The van der Waals surface area contributed by atoms with Crippen molar-refractivity contribution in [2.75, 3.05) is 19.6 Å². The van der Waals surface area contributed by atoms with Crippen LogP contribution in [0.2, 0.25) is 10.0 Å². The van der Waals surface area contributed by atoms with Gasteiger partial charge in [0.15, 0.2) is 0 Å². The van der Waals surface area contributed by atoms with Crippen LogP contribution in [0.3, 0.4) is 0 Å². The third-order valence-electron chi connectivity index (χ3n) is 4.00. The van der Waals surface area contributed by atoms with E-state index in [0.717, 1.165) is 41.5 Å². The Labute approximate surface area is 162 Å². The molecule has 1 amide bonds. The lowest BCUT2D eigenvalue weighted by atomic mass is 10.0. The Morgan fingerprint density at radius 3 is 2.83 bits per heavy atom. The highest BCUT2D eigenvalue weighted by molar-refractivity contribution is 7.10. The number of rotatable bonds is 4. The van der Waals surface area contributed by atoms with E-state index in [9.17, 15) is 4.79 Å². The number of hydrogen-bond acceptors (Lipinski definition) is 3. The van der Waals surface area contributed by atoms with E-state index in [4.69, 9.17) is 23.2 Å². The Kier molecular flexibility index (Phi) is 7.38. The lowest BCUT2D eigenvalue weighted by Gasteiger charge is -2.36. The second kappa shape index (κ2) is 9.07. The monoisotopic (exact) mass is 404 g/mol. The van der Waals surface area contributed by atoms with E-state index in [0.29, 0.717) is 11.4 Å². The molecular formula is C17H19Cl3N2OS. The average molecular weight is 406 g/mol. The van der Waals surface area contributed by atoms with Crippen LogP contribution in [0.15, 0.2) is 35.7 Å². The number of aryl methyl sites for hydroxylation is 1. The molecule has 1 fully saturated rings. The second-order valence-corrected chi connectivity index (χ2v) is 7.46. The van der Waals surface area contributed by atoms with Crippen molar-refractivity contribution in [1.29, 1.82) is 0 Å². The van der Waals surface area contributed by atoms with Gasteiger partial charge in [-0.05, 0) is 30.2 Å². The fourth-order valence-electron chi connectivity index (χ4n) is 2.87. The number of thiophene rings is 1. The number of hydrogen-bond donors (Lipinski definition) is 1. The second-order valence-electron chi connectivity index (χ2n) is 5.59. The van der Waals surface area contributed by atoms with Crippen molar-refractivity contribution in [2.24, 2.45) is 0 Å². The molecular weight excluding hydrogens is 387 g/mol. The summed E-state index contributed by atoms with van der Waals surface area (Å²) in [5, 5.41) is 6.72. The summed E-state index contributed by atoms with van der Waals surface area (Å²) in [7, 11) is 0. The molecule has 0 aliphatic carbocycles. The quantitative estimate of drug-likeness (QED) is 0.807. The molecule has 3 rings (SSSR count). The van der Waals surface area contributed by atoms with Crippen molar-refractivity contribution in [3.63, 3.8) is 0 Å². The molecule has 1 unspecified atom stereocenters. The zero-order valence-corrected chi connectivity index (χ0v) is 16.1. The smallest absolute Gasteiger partial charge is 0.223 e. The van der Waals surface area contributed by atoms with Crippen LogP contribution in [0.4, 0.5) is 0 Å². The predicted octanol–water partition coefficient (Wildman–Crippen LogP) is 4.58. The number of nitrogens with one attached hydrogen (secondary N) is 1. The average Bonchev–Trinajstić information content (AvgIpc) is 2.98. The van der Waals surface area contributed by atoms with Crippen molar-refractivity contribution >= 4 is 52.9 Å². The Morgan fingerprint density at radius 2 is 2.12 bits per heavy atom. The molecule has 24 heavy (non-hydrogen) atoms.